The minimum atomic E-state index is -0.0895. The van der Waals surface area contributed by atoms with Crippen molar-refractivity contribution in [1.29, 1.82) is 0 Å². The van der Waals surface area contributed by atoms with Gasteiger partial charge in [-0.1, -0.05) is 30.3 Å². The number of ether oxygens (including phenoxy) is 1. The molecule has 0 aliphatic carbocycles. The molecule has 27 heavy (non-hydrogen) atoms. The maximum absolute atomic E-state index is 12.3. The SMILES string of the molecule is CN1CCOC(CN(Cc2ccccc2)Cc2cc(=O)n3[nH]ccc3n2)C1. The van der Waals surface area contributed by atoms with Crippen molar-refractivity contribution < 1.29 is 4.74 Å². The molecular weight excluding hydrogens is 342 g/mol. The molecule has 0 bridgehead atoms. The average molecular weight is 367 g/mol. The Morgan fingerprint density at radius 3 is 2.93 bits per heavy atom. The molecule has 1 unspecified atom stereocenters. The van der Waals surface area contributed by atoms with Crippen LogP contribution in [0.25, 0.3) is 5.65 Å². The summed E-state index contributed by atoms with van der Waals surface area (Å²) >= 11 is 0. The summed E-state index contributed by atoms with van der Waals surface area (Å²) in [5.74, 6) is 0. The van der Waals surface area contributed by atoms with Crippen LogP contribution in [0.3, 0.4) is 0 Å². The number of benzene rings is 1. The van der Waals surface area contributed by atoms with Gasteiger partial charge in [-0.15, -0.1) is 0 Å². The number of nitrogens with zero attached hydrogens (tertiary/aromatic N) is 4. The van der Waals surface area contributed by atoms with E-state index in [1.54, 1.807) is 12.3 Å². The highest BCUT2D eigenvalue weighted by Crippen LogP contribution is 2.12. The molecule has 142 valence electrons. The predicted octanol–water partition coefficient (Wildman–Crippen LogP) is 1.36. The summed E-state index contributed by atoms with van der Waals surface area (Å²) in [5, 5.41) is 2.88. The highest BCUT2D eigenvalue weighted by molar-refractivity contribution is 5.36. The number of hydrogen-bond donors (Lipinski definition) is 1. The standard InChI is InChI=1S/C20H25N5O2/c1-23-9-10-27-18(14-23)15-24(12-16-5-3-2-4-6-16)13-17-11-20(26)25-19(22-17)7-8-21-25/h2-8,11,18,21H,9-10,12-15H2,1H3. The van der Waals surface area contributed by atoms with E-state index in [0.29, 0.717) is 12.2 Å². The zero-order chi connectivity index (χ0) is 18.6. The summed E-state index contributed by atoms with van der Waals surface area (Å²) in [6, 6.07) is 13.8. The van der Waals surface area contributed by atoms with Gasteiger partial charge in [0, 0.05) is 51.1 Å². The molecule has 3 aromatic rings. The fraction of sp³-hybridized carbons (Fsp3) is 0.400. The van der Waals surface area contributed by atoms with E-state index < -0.39 is 0 Å². The van der Waals surface area contributed by atoms with Crippen LogP contribution in [0.5, 0.6) is 0 Å². The third-order valence-electron chi connectivity index (χ3n) is 4.87. The van der Waals surface area contributed by atoms with Crippen molar-refractivity contribution in [3.8, 4) is 0 Å². The van der Waals surface area contributed by atoms with E-state index >= 15 is 0 Å². The van der Waals surface area contributed by atoms with Crippen molar-refractivity contribution in [3.05, 3.63) is 70.3 Å². The van der Waals surface area contributed by atoms with Gasteiger partial charge in [-0.3, -0.25) is 14.8 Å². The number of morpholine rings is 1. The first-order chi connectivity index (χ1) is 13.2. The van der Waals surface area contributed by atoms with Gasteiger partial charge in [0.25, 0.3) is 5.56 Å². The first kappa shape index (κ1) is 17.9. The lowest BCUT2D eigenvalue weighted by Crippen LogP contribution is -2.45. The van der Waals surface area contributed by atoms with E-state index in [1.807, 2.05) is 12.1 Å². The Morgan fingerprint density at radius 2 is 2.11 bits per heavy atom. The van der Waals surface area contributed by atoms with E-state index in [-0.39, 0.29) is 11.7 Å². The number of hydrogen-bond acceptors (Lipinski definition) is 5. The first-order valence-electron chi connectivity index (χ1n) is 9.30. The van der Waals surface area contributed by atoms with E-state index in [0.717, 1.165) is 38.5 Å². The summed E-state index contributed by atoms with van der Waals surface area (Å²) in [5.41, 5.74) is 2.57. The van der Waals surface area contributed by atoms with Gasteiger partial charge < -0.3 is 9.64 Å². The van der Waals surface area contributed by atoms with Gasteiger partial charge in [0.05, 0.1) is 18.4 Å². The Morgan fingerprint density at radius 1 is 1.26 bits per heavy atom. The van der Waals surface area contributed by atoms with Crippen molar-refractivity contribution in [2.24, 2.45) is 0 Å². The Labute approximate surface area is 158 Å². The maximum atomic E-state index is 12.3. The van der Waals surface area contributed by atoms with Gasteiger partial charge in [0.15, 0.2) is 5.65 Å². The Hall–Kier alpha value is -2.48. The number of aromatic amines is 1. The lowest BCUT2D eigenvalue weighted by Gasteiger charge is -2.34. The zero-order valence-electron chi connectivity index (χ0n) is 15.5. The summed E-state index contributed by atoms with van der Waals surface area (Å²) in [4.78, 5) is 21.5. The number of rotatable bonds is 6. The van der Waals surface area contributed by atoms with Crippen LogP contribution in [-0.4, -0.2) is 63.8 Å². The fourth-order valence-electron chi connectivity index (χ4n) is 3.58. The molecular formula is C20H25N5O2. The second-order valence-electron chi connectivity index (χ2n) is 7.15. The Bertz CT molecular complexity index is 936. The molecule has 4 rings (SSSR count). The zero-order valence-corrected chi connectivity index (χ0v) is 15.5. The van der Waals surface area contributed by atoms with Gasteiger partial charge >= 0.3 is 0 Å². The molecule has 1 aliphatic rings. The van der Waals surface area contributed by atoms with E-state index in [4.69, 9.17) is 4.74 Å². The molecule has 1 aromatic carbocycles. The van der Waals surface area contributed by atoms with E-state index in [9.17, 15) is 4.79 Å². The molecule has 0 spiro atoms. The number of likely N-dealkylation sites (N-methyl/N-ethyl adjacent to an activating group) is 1. The van der Waals surface area contributed by atoms with Crippen molar-refractivity contribution in [2.75, 3.05) is 33.3 Å². The number of nitrogens with one attached hydrogen (secondary N) is 1. The minimum absolute atomic E-state index is 0.0895. The van der Waals surface area contributed by atoms with Crippen LogP contribution < -0.4 is 5.56 Å². The van der Waals surface area contributed by atoms with Crippen LogP contribution in [0, 0.1) is 0 Å². The molecule has 1 atom stereocenters. The Balaban J connectivity index is 1.54. The molecule has 3 heterocycles. The van der Waals surface area contributed by atoms with Crippen LogP contribution in [0.1, 0.15) is 11.3 Å². The first-order valence-corrected chi connectivity index (χ1v) is 9.30. The van der Waals surface area contributed by atoms with Crippen LogP contribution in [0.4, 0.5) is 0 Å². The van der Waals surface area contributed by atoms with Crippen LogP contribution in [0.15, 0.2) is 53.5 Å². The number of fused-ring (bicyclic) bond motifs is 1. The smallest absolute Gasteiger partial charge is 0.272 e. The molecule has 0 amide bonds. The van der Waals surface area contributed by atoms with Gasteiger partial charge in [-0.2, -0.15) is 0 Å². The maximum Gasteiger partial charge on any atom is 0.272 e. The lowest BCUT2D eigenvalue weighted by atomic mass is 10.2. The van der Waals surface area contributed by atoms with Gasteiger partial charge in [0.1, 0.15) is 0 Å². The second kappa shape index (κ2) is 8.04. The normalized spacial score (nSPS) is 18.4. The monoisotopic (exact) mass is 367 g/mol. The fourth-order valence-corrected chi connectivity index (χ4v) is 3.58. The third kappa shape index (κ3) is 4.44. The largest absolute Gasteiger partial charge is 0.374 e. The van der Waals surface area contributed by atoms with Gasteiger partial charge in [0.2, 0.25) is 0 Å². The van der Waals surface area contributed by atoms with Crippen LogP contribution >= 0.6 is 0 Å². The van der Waals surface area contributed by atoms with Gasteiger partial charge in [-0.25, -0.2) is 9.50 Å². The summed E-state index contributed by atoms with van der Waals surface area (Å²) in [6.07, 6.45) is 1.88. The molecule has 7 heteroatoms. The Kier molecular flexibility index (Phi) is 5.33. The average Bonchev–Trinajstić information content (AvgIpc) is 3.12. The van der Waals surface area contributed by atoms with Crippen molar-refractivity contribution >= 4 is 5.65 Å². The van der Waals surface area contributed by atoms with Crippen LogP contribution in [0.2, 0.25) is 0 Å². The molecule has 0 radical (unpaired) electrons. The quantitative estimate of drug-likeness (QED) is 0.713. The summed E-state index contributed by atoms with van der Waals surface area (Å²) < 4.78 is 7.41. The number of aromatic nitrogens is 3. The lowest BCUT2D eigenvalue weighted by molar-refractivity contribution is -0.0380. The minimum Gasteiger partial charge on any atom is -0.374 e. The van der Waals surface area contributed by atoms with Crippen molar-refractivity contribution in [2.45, 2.75) is 19.2 Å². The van der Waals surface area contributed by atoms with E-state index in [2.05, 4.69) is 51.2 Å². The highest BCUT2D eigenvalue weighted by atomic mass is 16.5. The molecule has 7 nitrogen and oxygen atoms in total. The summed E-state index contributed by atoms with van der Waals surface area (Å²) in [6.45, 7) is 4.84. The van der Waals surface area contributed by atoms with E-state index in [1.165, 1.54) is 10.1 Å². The van der Waals surface area contributed by atoms with Crippen molar-refractivity contribution in [1.82, 2.24) is 24.4 Å². The third-order valence-corrected chi connectivity index (χ3v) is 4.87. The second-order valence-corrected chi connectivity index (χ2v) is 7.15. The highest BCUT2D eigenvalue weighted by Gasteiger charge is 2.21. The molecule has 1 aliphatic heterocycles. The molecule has 1 fully saturated rings. The number of H-pyrrole nitrogens is 1. The topological polar surface area (TPSA) is 65.9 Å². The summed E-state index contributed by atoms with van der Waals surface area (Å²) in [7, 11) is 2.12. The van der Waals surface area contributed by atoms with Crippen LogP contribution in [-0.2, 0) is 17.8 Å². The molecule has 0 saturated carbocycles. The molecule has 1 N–H and O–H groups in total. The van der Waals surface area contributed by atoms with Gasteiger partial charge in [-0.05, 0) is 12.6 Å². The predicted molar refractivity (Wildman–Crippen MR) is 104 cm³/mol. The molecule has 2 aromatic heterocycles. The van der Waals surface area contributed by atoms with Crippen molar-refractivity contribution in [3.63, 3.8) is 0 Å². The molecule has 1 saturated heterocycles.